The van der Waals surface area contributed by atoms with E-state index in [4.69, 9.17) is 18.9 Å². The molecule has 0 spiro atoms. The fourth-order valence-corrected chi connectivity index (χ4v) is 18.9. The van der Waals surface area contributed by atoms with E-state index in [1.165, 1.54) is 190 Å². The van der Waals surface area contributed by atoms with Gasteiger partial charge in [-0.25, -0.2) is 0 Å². The second-order valence-electron chi connectivity index (χ2n) is 37.2. The van der Waals surface area contributed by atoms with E-state index in [2.05, 4.69) is 67.4 Å². The van der Waals surface area contributed by atoms with Gasteiger partial charge in [-0.3, -0.25) is 117 Å². The maximum Gasteiger partial charge on any atom is 0.262 e. The van der Waals surface area contributed by atoms with Crippen LogP contribution in [0.2, 0.25) is 0 Å². The molecule has 0 saturated carbocycles. The number of ketones is 1. The Balaban J connectivity index is 0.000000186. The van der Waals surface area contributed by atoms with Crippen LogP contribution in [0.4, 0.5) is 0 Å². The standard InChI is InChI=1S/2C18H14N2O3.2C17H12N2O4.C13H26O2.C12H25NO2.2C10H22O/c2*1-10-12-6-2-4-11-5-3-7-13(16(11)12)18(23)20(10)14-8-9-15(21)19-17(14)22;2*20-13-8-7-12(15(21)18-13)19-16(22)10-5-1-3-9-4-2-6-11(14(9)10)17(19)23;1-3-4-5-6-7-8-9-10-11-13(14)12-15-2;1-3-4-5-6-7-8-9-10-13-12(14)11-15-2;2*1-3-4-5-6-7-8-9-10-11-2/h2*2-7,14H,1,8-9H2,(H,19,21,22);2*1-6,12H,7-8H2,(H,18,20,21);3-12H2,1-2H3;3-11H2,1-2H3,(H,13,14);2*3-10H2,1-2H3. The van der Waals surface area contributed by atoms with Crippen molar-refractivity contribution < 1.29 is 86.1 Å². The summed E-state index contributed by atoms with van der Waals surface area (Å²) in [4.78, 5) is 195. The molecule has 772 valence electrons. The lowest BCUT2D eigenvalue weighted by atomic mass is 9.92. The number of nitrogens with zero attached hydrogens (tertiary/aromatic N) is 4. The van der Waals surface area contributed by atoms with Crippen molar-refractivity contribution in [2.45, 2.75) is 296 Å². The Labute approximate surface area is 843 Å². The number of pyridine rings is 2. The number of carbonyl (C=O) groups excluding carboxylic acids is 14. The lowest BCUT2D eigenvalue weighted by Gasteiger charge is -2.34. The Kier molecular flexibility index (Phi) is 48.2. The molecule has 4 unspecified atom stereocenters. The van der Waals surface area contributed by atoms with Crippen molar-refractivity contribution in [3.63, 3.8) is 0 Å². The van der Waals surface area contributed by atoms with Gasteiger partial charge in [0.15, 0.2) is 5.78 Å². The molecular weight excluding hydrogens is 1830 g/mol. The topological polar surface area (TPSA) is 387 Å². The van der Waals surface area contributed by atoms with Gasteiger partial charge in [0.25, 0.3) is 34.7 Å². The molecule has 10 aromatic rings. The van der Waals surface area contributed by atoms with Crippen molar-refractivity contribution in [3.05, 3.63) is 199 Å². The number of Topliss-reactive ketones (excluding diaryl/α,β-unsaturated/α-hetero) is 1. The number of aromatic nitrogens is 2. The minimum absolute atomic E-state index is 0.0107. The van der Waals surface area contributed by atoms with Crippen LogP contribution in [0.1, 0.15) is 325 Å². The molecule has 6 aliphatic rings. The normalized spacial score (nSPS) is 16.3. The first kappa shape index (κ1) is 115. The fourth-order valence-electron chi connectivity index (χ4n) is 18.9. The monoisotopic (exact) mass is 1970 g/mol. The molecule has 8 aromatic carbocycles. The molecule has 29 nitrogen and oxygen atoms in total. The van der Waals surface area contributed by atoms with E-state index in [-0.39, 0.29) is 98.2 Å². The van der Waals surface area contributed by atoms with E-state index in [1.807, 2.05) is 84.9 Å². The first-order valence-electron chi connectivity index (χ1n) is 51.7. The van der Waals surface area contributed by atoms with E-state index in [0.29, 0.717) is 73.8 Å². The van der Waals surface area contributed by atoms with Gasteiger partial charge in [0, 0.05) is 156 Å². The molecule has 5 N–H and O–H groups in total. The summed E-state index contributed by atoms with van der Waals surface area (Å²) in [5.41, 5.74) is 1.14. The predicted octanol–water partition coefficient (Wildman–Crippen LogP) is 18.0. The van der Waals surface area contributed by atoms with Gasteiger partial charge in [-0.15, -0.1) is 0 Å². The summed E-state index contributed by atoms with van der Waals surface area (Å²) in [6, 6.07) is 40.3. The van der Waals surface area contributed by atoms with Gasteiger partial charge in [0.1, 0.15) is 37.4 Å². The fraction of sp³-hybridized carbons (Fsp3) is 0.478. The molecule has 8 heterocycles. The molecule has 4 atom stereocenters. The summed E-state index contributed by atoms with van der Waals surface area (Å²) < 4.78 is 22.3. The summed E-state index contributed by atoms with van der Waals surface area (Å²) in [7, 11) is 6.66. The second-order valence-corrected chi connectivity index (χ2v) is 37.2. The molecule has 0 radical (unpaired) electrons. The number of ether oxygens (including phenoxy) is 4. The van der Waals surface area contributed by atoms with Crippen LogP contribution in [0.3, 0.4) is 0 Å². The molecule has 4 saturated heterocycles. The van der Waals surface area contributed by atoms with Crippen molar-refractivity contribution in [2.75, 3.05) is 61.4 Å². The number of methoxy groups -OCH3 is 4. The number of imide groups is 6. The van der Waals surface area contributed by atoms with Gasteiger partial charge in [0.2, 0.25) is 53.2 Å². The van der Waals surface area contributed by atoms with Gasteiger partial charge >= 0.3 is 0 Å². The lowest BCUT2D eigenvalue weighted by molar-refractivity contribution is -0.137. The largest absolute Gasteiger partial charge is 0.385 e. The summed E-state index contributed by atoms with van der Waals surface area (Å²) in [5, 5.41) is 22.2. The highest BCUT2D eigenvalue weighted by molar-refractivity contribution is 6.28. The molecule has 144 heavy (non-hydrogen) atoms. The van der Waals surface area contributed by atoms with E-state index in [9.17, 15) is 76.7 Å². The van der Waals surface area contributed by atoms with Crippen LogP contribution >= 0.6 is 0 Å². The number of rotatable bonds is 41. The van der Waals surface area contributed by atoms with E-state index in [0.717, 1.165) is 85.5 Å². The summed E-state index contributed by atoms with van der Waals surface area (Å²) >= 11 is 0. The number of amides is 13. The number of carbonyl (C=O) groups is 14. The maximum absolute atomic E-state index is 12.9. The van der Waals surface area contributed by atoms with Crippen molar-refractivity contribution in [3.8, 4) is 0 Å². The number of nitrogens with one attached hydrogen (secondary N) is 5. The van der Waals surface area contributed by atoms with Crippen molar-refractivity contribution in [1.29, 1.82) is 0 Å². The number of piperidine rings is 4. The average molecular weight is 1980 g/mol. The van der Waals surface area contributed by atoms with Crippen molar-refractivity contribution in [1.82, 2.24) is 45.5 Å². The minimum Gasteiger partial charge on any atom is -0.385 e. The predicted molar refractivity (Wildman–Crippen MR) is 564 cm³/mol. The maximum atomic E-state index is 12.9. The molecular formula is C115H147N9O20. The zero-order valence-electron chi connectivity index (χ0n) is 85.4. The second kappa shape index (κ2) is 60.6. The first-order valence-corrected chi connectivity index (χ1v) is 51.7. The third-order valence-electron chi connectivity index (χ3n) is 26.5. The number of hydrogen-bond donors (Lipinski definition) is 5. The summed E-state index contributed by atoms with van der Waals surface area (Å²) in [5.74, 6) is -5.20. The average Bonchev–Trinajstić information content (AvgIpc) is 0.753. The van der Waals surface area contributed by atoms with Gasteiger partial charge in [0.05, 0.1) is 0 Å². The van der Waals surface area contributed by atoms with Gasteiger partial charge in [-0.2, -0.15) is 0 Å². The number of benzene rings is 8. The third-order valence-corrected chi connectivity index (χ3v) is 26.5. The zero-order chi connectivity index (χ0) is 104. The first-order chi connectivity index (χ1) is 69.7. The highest BCUT2D eigenvalue weighted by atomic mass is 16.5. The highest BCUT2D eigenvalue weighted by Gasteiger charge is 2.45. The van der Waals surface area contributed by atoms with Crippen LogP contribution in [0, 0.1) is 0 Å². The third kappa shape index (κ3) is 32.0. The quantitative estimate of drug-likeness (QED) is 0.0175. The Hall–Kier alpha value is -13.0. The molecule has 29 heteroatoms. The molecule has 13 amide bonds. The van der Waals surface area contributed by atoms with E-state index >= 15 is 0 Å². The lowest BCUT2D eigenvalue weighted by Crippen LogP contribution is -2.57. The molecule has 0 bridgehead atoms. The van der Waals surface area contributed by atoms with Crippen LogP contribution in [0.15, 0.2) is 155 Å². The Morgan fingerprint density at radius 1 is 0.312 bits per heavy atom. The zero-order valence-corrected chi connectivity index (χ0v) is 85.4. The van der Waals surface area contributed by atoms with Crippen LogP contribution in [-0.2, 0) is 66.9 Å². The van der Waals surface area contributed by atoms with E-state index < -0.39 is 71.4 Å². The van der Waals surface area contributed by atoms with Gasteiger partial charge in [-0.05, 0) is 109 Å². The Morgan fingerprint density at radius 2 is 0.576 bits per heavy atom. The van der Waals surface area contributed by atoms with Crippen LogP contribution < -0.4 is 48.4 Å². The van der Waals surface area contributed by atoms with Gasteiger partial charge < -0.3 is 24.3 Å². The SMILES string of the molecule is C=c1c2cccc3cccc(c(=O)n1C1CCC(=O)NC1=O)c32.C=c1c2cccc3cccc(c(=O)n1C1CCC(=O)NC1=O)c32.CCCCCCCCCCC(=O)COC.CCCCCCCCCNC(=O)COC.CCCCCCCCCOC.CCCCCCCCCOC.O=C1CCC(N2C(=O)c3cccc4cccc(c34)C2=O)C(=O)N1.O=C1CCC(N2C(=O)c3cccc4cccc(c34)C2=O)C(=O)N1. The molecule has 2 aromatic heterocycles. The number of unbranched alkanes of at least 4 members (excludes halogenated alkanes) is 25. The smallest absolute Gasteiger partial charge is 0.262 e. The molecule has 4 fully saturated rings. The van der Waals surface area contributed by atoms with E-state index in [1.54, 1.807) is 82.0 Å². The minimum atomic E-state index is -0.948. The number of hydrogen-bond acceptors (Lipinski definition) is 20. The van der Waals surface area contributed by atoms with Gasteiger partial charge in [-0.1, -0.05) is 311 Å². The van der Waals surface area contributed by atoms with Crippen molar-refractivity contribution in [2.24, 2.45) is 0 Å². The van der Waals surface area contributed by atoms with Crippen molar-refractivity contribution >= 4 is 160 Å². The van der Waals surface area contributed by atoms with Crippen LogP contribution in [-0.4, -0.2) is 175 Å². The Morgan fingerprint density at radius 3 is 0.868 bits per heavy atom. The van der Waals surface area contributed by atoms with Crippen LogP contribution in [0.25, 0.3) is 77.8 Å². The van der Waals surface area contributed by atoms with Crippen LogP contribution in [0.5, 0.6) is 0 Å². The molecule has 16 rings (SSSR count). The highest BCUT2D eigenvalue weighted by Crippen LogP contribution is 2.36. The Bertz CT molecular complexity index is 5700. The molecule has 6 aliphatic heterocycles. The summed E-state index contributed by atoms with van der Waals surface area (Å²) in [6.45, 7) is 20.2. The molecule has 0 aliphatic carbocycles. The summed E-state index contributed by atoms with van der Waals surface area (Å²) in [6.07, 6.45) is 40.6.